The largest absolute Gasteiger partial charge is 0.478 e. The van der Waals surface area contributed by atoms with Crippen LogP contribution in [0.15, 0.2) is 54.7 Å². The lowest BCUT2D eigenvalue weighted by atomic mass is 9.99. The normalized spacial score (nSPS) is 18.3. The Morgan fingerprint density at radius 3 is 2.60 bits per heavy atom. The number of nitrogens with two attached hydrogens (primary N) is 2. The first-order chi connectivity index (χ1) is 21.9. The Kier molecular flexibility index (Phi) is 10.5. The van der Waals surface area contributed by atoms with Gasteiger partial charge in [0.1, 0.15) is 5.82 Å². The van der Waals surface area contributed by atoms with Crippen molar-refractivity contribution < 1.29 is 18.7 Å². The molecule has 0 aliphatic carbocycles. The smallest absolute Gasteiger partial charge is 0.256 e. The van der Waals surface area contributed by atoms with E-state index in [1.165, 1.54) is 6.07 Å². The molecule has 2 aliphatic heterocycles. The van der Waals surface area contributed by atoms with Crippen molar-refractivity contribution in [3.8, 4) is 17.0 Å². The number of hydrogen-bond donors (Lipinski definition) is 3. The van der Waals surface area contributed by atoms with Gasteiger partial charge in [0, 0.05) is 75.0 Å². The number of anilines is 2. The van der Waals surface area contributed by atoms with Gasteiger partial charge in [-0.25, -0.2) is 9.37 Å². The van der Waals surface area contributed by atoms with E-state index in [0.717, 1.165) is 48.4 Å². The molecule has 0 saturated carbocycles. The molecule has 1 aromatic heterocycles. The first kappa shape index (κ1) is 32.2. The van der Waals surface area contributed by atoms with Gasteiger partial charge in [-0.15, -0.1) is 0 Å². The summed E-state index contributed by atoms with van der Waals surface area (Å²) in [5, 5.41) is 2.91. The molecule has 0 bridgehead atoms. The van der Waals surface area contributed by atoms with E-state index in [-0.39, 0.29) is 23.4 Å². The fourth-order valence-corrected chi connectivity index (χ4v) is 6.29. The number of rotatable bonds is 11. The Morgan fingerprint density at radius 2 is 1.89 bits per heavy atom. The minimum Gasteiger partial charge on any atom is -0.478 e. The molecule has 45 heavy (non-hydrogen) atoms. The predicted octanol–water partition coefficient (Wildman–Crippen LogP) is 3.50. The van der Waals surface area contributed by atoms with E-state index in [4.69, 9.17) is 16.2 Å². The number of carbonyl (C=O) groups is 2. The van der Waals surface area contributed by atoms with Gasteiger partial charge in [0.25, 0.3) is 11.8 Å². The number of carbonyl (C=O) groups excluding carboxylic acids is 2. The van der Waals surface area contributed by atoms with Crippen molar-refractivity contribution >= 4 is 23.2 Å². The van der Waals surface area contributed by atoms with Crippen LogP contribution >= 0.6 is 0 Å². The van der Waals surface area contributed by atoms with Crippen LogP contribution in [-0.2, 0) is 0 Å². The molecule has 2 aromatic carbocycles. The monoisotopic (exact) mass is 617 g/mol. The third-order valence-corrected chi connectivity index (χ3v) is 8.75. The minimum absolute atomic E-state index is 0.0735. The summed E-state index contributed by atoms with van der Waals surface area (Å²) < 4.78 is 21.1. The second-order valence-corrected chi connectivity index (χ2v) is 11.6. The molecule has 2 amide bonds. The number of aromatic nitrogens is 1. The predicted molar refractivity (Wildman–Crippen MR) is 175 cm³/mol. The summed E-state index contributed by atoms with van der Waals surface area (Å²) in [6.45, 7) is 8.62. The van der Waals surface area contributed by atoms with Crippen molar-refractivity contribution in [2.24, 2.45) is 17.4 Å². The molecule has 3 heterocycles. The van der Waals surface area contributed by atoms with Crippen molar-refractivity contribution in [3.63, 3.8) is 0 Å². The summed E-state index contributed by atoms with van der Waals surface area (Å²) in [6.07, 6.45) is 3.39. The van der Waals surface area contributed by atoms with Crippen LogP contribution in [-0.4, -0.2) is 86.7 Å². The Hall–Kier alpha value is -4.22. The Morgan fingerprint density at radius 1 is 1.04 bits per heavy atom. The highest BCUT2D eigenvalue weighted by molar-refractivity contribution is 6.01. The molecule has 1 unspecified atom stereocenters. The lowest BCUT2D eigenvalue weighted by molar-refractivity contribution is 0.0715. The maximum Gasteiger partial charge on any atom is 0.256 e. The zero-order valence-electron chi connectivity index (χ0n) is 26.2. The quantitative estimate of drug-likeness (QED) is 0.298. The van der Waals surface area contributed by atoms with E-state index < -0.39 is 5.82 Å². The highest BCUT2D eigenvalue weighted by atomic mass is 19.1. The van der Waals surface area contributed by atoms with Gasteiger partial charge in [-0.05, 0) is 80.3 Å². The molecule has 2 saturated heterocycles. The molecular weight excluding hydrogens is 573 g/mol. The third-order valence-electron chi connectivity index (χ3n) is 8.75. The standard InChI is InChI=1S/C34H44FN7O3/c1-3-25-22-41(34(44)28-9-8-26(19-30(28)35)40-15-11-23(20-37)21-40)16-17-42(25)31-10-7-24(18-29(31)32(43)38-14-12-36)27-6-5-13-39-33(27)45-4-2/h5-10,13,18-19,23,25H,3-4,11-12,14-17,20-22,36-37H2,1-2H3,(H,38,43)/t23?,25-/m1/s1. The topological polar surface area (TPSA) is 130 Å². The van der Waals surface area contributed by atoms with Crippen molar-refractivity contribution in [3.05, 3.63) is 71.7 Å². The van der Waals surface area contributed by atoms with Crippen LogP contribution in [0.3, 0.4) is 0 Å². The number of piperazine rings is 1. The molecule has 2 atom stereocenters. The molecule has 5 N–H and O–H groups in total. The molecule has 10 nitrogen and oxygen atoms in total. The van der Waals surface area contributed by atoms with E-state index in [1.54, 1.807) is 17.2 Å². The SMILES string of the molecule is CCOc1ncccc1-c1ccc(N2CCN(C(=O)c3ccc(N4CCC(CN)C4)cc3F)C[C@H]2CC)c(C(=O)NCCN)c1. The summed E-state index contributed by atoms with van der Waals surface area (Å²) in [5.74, 6) is -0.163. The number of halogens is 1. The molecule has 0 spiro atoms. The van der Waals surface area contributed by atoms with Crippen LogP contribution in [0.1, 0.15) is 47.4 Å². The average Bonchev–Trinajstić information content (AvgIpc) is 3.56. The van der Waals surface area contributed by atoms with Crippen molar-refractivity contribution in [1.82, 2.24) is 15.2 Å². The van der Waals surface area contributed by atoms with Crippen molar-refractivity contribution in [1.29, 1.82) is 0 Å². The highest BCUT2D eigenvalue weighted by Gasteiger charge is 2.33. The maximum atomic E-state index is 15.3. The number of nitrogens with one attached hydrogen (secondary N) is 1. The van der Waals surface area contributed by atoms with Crippen molar-refractivity contribution in [2.75, 3.05) is 68.8 Å². The zero-order valence-corrected chi connectivity index (χ0v) is 26.2. The second kappa shape index (κ2) is 14.7. The highest BCUT2D eigenvalue weighted by Crippen LogP contribution is 2.34. The van der Waals surface area contributed by atoms with Crippen LogP contribution in [0.5, 0.6) is 5.88 Å². The van der Waals surface area contributed by atoms with Gasteiger partial charge in [-0.1, -0.05) is 13.0 Å². The lowest BCUT2D eigenvalue weighted by Crippen LogP contribution is -2.55. The number of amides is 2. The van der Waals surface area contributed by atoms with Gasteiger partial charge in [0.05, 0.1) is 17.7 Å². The number of benzene rings is 2. The summed E-state index contributed by atoms with van der Waals surface area (Å²) in [6, 6.07) is 14.3. The van der Waals surface area contributed by atoms with E-state index in [1.807, 2.05) is 43.3 Å². The first-order valence-corrected chi connectivity index (χ1v) is 15.9. The fourth-order valence-electron chi connectivity index (χ4n) is 6.29. The number of ether oxygens (including phenoxy) is 1. The summed E-state index contributed by atoms with van der Waals surface area (Å²) in [7, 11) is 0. The lowest BCUT2D eigenvalue weighted by Gasteiger charge is -2.43. The summed E-state index contributed by atoms with van der Waals surface area (Å²) in [4.78, 5) is 37.4. The zero-order chi connectivity index (χ0) is 31.9. The molecular formula is C34H44FN7O3. The summed E-state index contributed by atoms with van der Waals surface area (Å²) >= 11 is 0. The number of pyridine rings is 1. The Bertz CT molecular complexity index is 1500. The van der Waals surface area contributed by atoms with Crippen LogP contribution in [0, 0.1) is 11.7 Å². The van der Waals surface area contributed by atoms with Crippen LogP contribution in [0.25, 0.3) is 11.1 Å². The average molecular weight is 618 g/mol. The number of hydrogen-bond acceptors (Lipinski definition) is 8. The second-order valence-electron chi connectivity index (χ2n) is 11.6. The van der Waals surface area contributed by atoms with Crippen LogP contribution < -0.4 is 31.3 Å². The molecule has 11 heteroatoms. The molecule has 5 rings (SSSR count). The van der Waals surface area contributed by atoms with Crippen LogP contribution in [0.2, 0.25) is 0 Å². The van der Waals surface area contributed by atoms with Gasteiger partial charge in [-0.3, -0.25) is 9.59 Å². The van der Waals surface area contributed by atoms with Gasteiger partial charge in [0.15, 0.2) is 0 Å². The first-order valence-electron chi connectivity index (χ1n) is 15.9. The number of nitrogens with zero attached hydrogens (tertiary/aromatic N) is 4. The van der Waals surface area contributed by atoms with E-state index in [9.17, 15) is 9.59 Å². The van der Waals surface area contributed by atoms with Gasteiger partial charge in [-0.2, -0.15) is 0 Å². The molecule has 0 radical (unpaired) electrons. The van der Waals surface area contributed by atoms with E-state index in [0.29, 0.717) is 63.2 Å². The summed E-state index contributed by atoms with van der Waals surface area (Å²) in [5.41, 5.74) is 15.2. The van der Waals surface area contributed by atoms with E-state index in [2.05, 4.69) is 27.0 Å². The molecule has 2 aliphatic rings. The third kappa shape index (κ3) is 7.04. The van der Waals surface area contributed by atoms with Gasteiger partial charge < -0.3 is 36.2 Å². The van der Waals surface area contributed by atoms with Crippen molar-refractivity contribution in [2.45, 2.75) is 32.7 Å². The Labute approximate surface area is 264 Å². The Balaban J connectivity index is 1.38. The van der Waals surface area contributed by atoms with E-state index >= 15 is 4.39 Å². The molecule has 2 fully saturated rings. The van der Waals surface area contributed by atoms with Gasteiger partial charge in [0.2, 0.25) is 5.88 Å². The maximum absolute atomic E-state index is 15.3. The molecule has 240 valence electrons. The van der Waals surface area contributed by atoms with Crippen LogP contribution in [0.4, 0.5) is 15.8 Å². The van der Waals surface area contributed by atoms with Gasteiger partial charge >= 0.3 is 0 Å². The minimum atomic E-state index is -0.513. The molecule has 3 aromatic rings. The fraction of sp³-hybridized carbons (Fsp3) is 0.441.